The van der Waals surface area contributed by atoms with Crippen LogP contribution in [-0.2, 0) is 6.42 Å². The molecule has 0 aliphatic rings. The molecule has 0 atom stereocenters. The lowest BCUT2D eigenvalue weighted by molar-refractivity contribution is 0.511. The Morgan fingerprint density at radius 2 is 1.31 bits per heavy atom. The zero-order chi connectivity index (χ0) is 20.4. The van der Waals surface area contributed by atoms with Crippen molar-refractivity contribution in [3.05, 3.63) is 107 Å². The molecule has 142 valence electrons. The minimum atomic E-state index is -0.906. The highest BCUT2D eigenvalue weighted by molar-refractivity contribution is 5.84. The predicted molar refractivity (Wildman–Crippen MR) is 111 cm³/mol. The normalized spacial score (nSPS) is 10.6. The summed E-state index contributed by atoms with van der Waals surface area (Å²) in [5.74, 6) is 3.53. The molecule has 0 spiro atoms. The van der Waals surface area contributed by atoms with Crippen molar-refractivity contribution in [3.63, 3.8) is 0 Å². The van der Waals surface area contributed by atoms with E-state index in [-0.39, 0.29) is 5.56 Å². The molecule has 0 heterocycles. The number of rotatable bonds is 2. The van der Waals surface area contributed by atoms with Gasteiger partial charge in [-0.15, -0.1) is 0 Å². The zero-order valence-corrected chi connectivity index (χ0v) is 15.8. The lowest BCUT2D eigenvalue weighted by atomic mass is 10.0. The molecule has 0 nitrogen and oxygen atoms in total. The number of hydrogen-bond acceptors (Lipinski definition) is 0. The van der Waals surface area contributed by atoms with Crippen molar-refractivity contribution < 1.29 is 13.2 Å². The Bertz CT molecular complexity index is 1260. The van der Waals surface area contributed by atoms with Crippen LogP contribution in [0.1, 0.15) is 23.6 Å². The standard InChI is InChI=1S/C26H17F3/c1-2-17-3-7-19(8-4-17)21-12-11-20(24(27)14-21)9-5-18-6-10-22-15-25(28)26(29)16-23(22)13-18/h3-4,6-8,10-16H,2H2,1H3. The van der Waals surface area contributed by atoms with Gasteiger partial charge in [0.1, 0.15) is 5.82 Å². The molecular weight excluding hydrogens is 369 g/mol. The van der Waals surface area contributed by atoms with Gasteiger partial charge in [0, 0.05) is 5.56 Å². The van der Waals surface area contributed by atoms with E-state index in [1.165, 1.54) is 11.6 Å². The van der Waals surface area contributed by atoms with Crippen molar-refractivity contribution >= 4 is 10.8 Å². The second kappa shape index (κ2) is 7.85. The molecule has 4 aromatic rings. The first-order chi connectivity index (χ1) is 14.0. The molecule has 29 heavy (non-hydrogen) atoms. The largest absolute Gasteiger partial charge is 0.206 e. The summed E-state index contributed by atoms with van der Waals surface area (Å²) in [6, 6.07) is 20.3. The zero-order valence-electron chi connectivity index (χ0n) is 15.8. The average molecular weight is 386 g/mol. The summed E-state index contributed by atoms with van der Waals surface area (Å²) in [4.78, 5) is 0. The van der Waals surface area contributed by atoms with Gasteiger partial charge in [0.2, 0.25) is 0 Å². The molecule has 4 aromatic carbocycles. The number of aryl methyl sites for hydroxylation is 1. The Morgan fingerprint density at radius 1 is 0.621 bits per heavy atom. The van der Waals surface area contributed by atoms with Gasteiger partial charge in [0.15, 0.2) is 11.6 Å². The molecule has 0 amide bonds. The average Bonchev–Trinajstić information content (AvgIpc) is 2.74. The van der Waals surface area contributed by atoms with E-state index in [1.54, 1.807) is 24.3 Å². The van der Waals surface area contributed by atoms with E-state index < -0.39 is 17.5 Å². The Kier molecular flexibility index (Phi) is 5.10. The molecule has 0 bridgehead atoms. The van der Waals surface area contributed by atoms with Crippen molar-refractivity contribution in [2.75, 3.05) is 0 Å². The van der Waals surface area contributed by atoms with Crippen LogP contribution in [-0.4, -0.2) is 0 Å². The van der Waals surface area contributed by atoms with E-state index in [0.717, 1.165) is 29.7 Å². The Balaban J connectivity index is 1.62. The van der Waals surface area contributed by atoms with E-state index in [2.05, 4.69) is 18.8 Å². The monoisotopic (exact) mass is 386 g/mol. The second-order valence-corrected chi connectivity index (χ2v) is 6.82. The molecule has 0 fully saturated rings. The highest BCUT2D eigenvalue weighted by Crippen LogP contribution is 2.23. The maximum Gasteiger partial charge on any atom is 0.159 e. The minimum absolute atomic E-state index is 0.282. The third kappa shape index (κ3) is 4.02. The number of halogens is 3. The SMILES string of the molecule is CCc1ccc(-c2ccc(C#Cc3ccc4cc(F)c(F)cc4c3)c(F)c2)cc1. The van der Waals surface area contributed by atoms with Crippen molar-refractivity contribution in [1.29, 1.82) is 0 Å². The van der Waals surface area contributed by atoms with E-state index in [4.69, 9.17) is 0 Å². The van der Waals surface area contributed by atoms with Crippen LogP contribution in [0.5, 0.6) is 0 Å². The first kappa shape index (κ1) is 18.8. The molecule has 0 saturated heterocycles. The summed E-state index contributed by atoms with van der Waals surface area (Å²) in [5.41, 5.74) is 3.85. The quantitative estimate of drug-likeness (QED) is 0.329. The fourth-order valence-corrected chi connectivity index (χ4v) is 3.19. The van der Waals surface area contributed by atoms with Crippen molar-refractivity contribution in [3.8, 4) is 23.0 Å². The van der Waals surface area contributed by atoms with Gasteiger partial charge in [0.25, 0.3) is 0 Å². The van der Waals surface area contributed by atoms with E-state index >= 15 is 0 Å². The maximum absolute atomic E-state index is 14.5. The smallest absolute Gasteiger partial charge is 0.159 e. The van der Waals surface area contributed by atoms with Crippen LogP contribution in [0.2, 0.25) is 0 Å². The van der Waals surface area contributed by atoms with Crippen molar-refractivity contribution in [2.24, 2.45) is 0 Å². The first-order valence-electron chi connectivity index (χ1n) is 9.33. The molecule has 4 rings (SSSR count). The summed E-state index contributed by atoms with van der Waals surface area (Å²) < 4.78 is 41.3. The molecule has 0 radical (unpaired) electrons. The third-order valence-corrected chi connectivity index (χ3v) is 4.89. The summed E-state index contributed by atoms with van der Waals surface area (Å²) in [7, 11) is 0. The van der Waals surface area contributed by atoms with Crippen LogP contribution in [0.15, 0.2) is 72.8 Å². The van der Waals surface area contributed by atoms with Crippen molar-refractivity contribution in [1.82, 2.24) is 0 Å². The number of hydrogen-bond donors (Lipinski definition) is 0. The second-order valence-electron chi connectivity index (χ2n) is 6.82. The highest BCUT2D eigenvalue weighted by Gasteiger charge is 2.05. The van der Waals surface area contributed by atoms with Crippen molar-refractivity contribution in [2.45, 2.75) is 13.3 Å². The number of fused-ring (bicyclic) bond motifs is 1. The Labute approximate surface area is 167 Å². The van der Waals surface area contributed by atoms with Gasteiger partial charge in [-0.25, -0.2) is 13.2 Å². The fourth-order valence-electron chi connectivity index (χ4n) is 3.19. The van der Waals surface area contributed by atoms with Gasteiger partial charge in [-0.3, -0.25) is 0 Å². The van der Waals surface area contributed by atoms with Crippen LogP contribution in [0.4, 0.5) is 13.2 Å². The van der Waals surface area contributed by atoms with Crippen LogP contribution in [0.3, 0.4) is 0 Å². The number of benzene rings is 4. The summed E-state index contributed by atoms with van der Waals surface area (Å²) in [5, 5.41) is 1.13. The van der Waals surface area contributed by atoms with Crippen LogP contribution >= 0.6 is 0 Å². The Hall–Kier alpha value is -3.51. The highest BCUT2D eigenvalue weighted by atomic mass is 19.2. The maximum atomic E-state index is 14.5. The van der Waals surface area contributed by atoms with Gasteiger partial charge in [-0.05, 0) is 70.3 Å². The molecule has 0 aromatic heterocycles. The minimum Gasteiger partial charge on any atom is -0.206 e. The molecule has 0 N–H and O–H groups in total. The predicted octanol–water partition coefficient (Wildman–Crippen LogP) is 6.89. The third-order valence-electron chi connectivity index (χ3n) is 4.89. The van der Waals surface area contributed by atoms with Gasteiger partial charge < -0.3 is 0 Å². The lowest BCUT2D eigenvalue weighted by Gasteiger charge is -2.04. The molecule has 0 aliphatic heterocycles. The molecule has 0 aliphatic carbocycles. The summed E-state index contributed by atoms with van der Waals surface area (Å²) >= 11 is 0. The summed E-state index contributed by atoms with van der Waals surface area (Å²) in [6.45, 7) is 2.09. The van der Waals surface area contributed by atoms with Gasteiger partial charge in [-0.1, -0.05) is 55.2 Å². The summed E-state index contributed by atoms with van der Waals surface area (Å²) in [6.07, 6.45) is 0.958. The van der Waals surface area contributed by atoms with Gasteiger partial charge in [-0.2, -0.15) is 0 Å². The van der Waals surface area contributed by atoms with Gasteiger partial charge >= 0.3 is 0 Å². The van der Waals surface area contributed by atoms with E-state index in [0.29, 0.717) is 16.3 Å². The van der Waals surface area contributed by atoms with E-state index in [9.17, 15) is 13.2 Å². The lowest BCUT2D eigenvalue weighted by Crippen LogP contribution is -1.88. The molecule has 0 saturated carbocycles. The van der Waals surface area contributed by atoms with Crippen LogP contribution in [0.25, 0.3) is 21.9 Å². The topological polar surface area (TPSA) is 0 Å². The molecular formula is C26H17F3. The van der Waals surface area contributed by atoms with E-state index in [1.807, 2.05) is 30.3 Å². The Morgan fingerprint density at radius 3 is 2.00 bits per heavy atom. The first-order valence-corrected chi connectivity index (χ1v) is 9.33. The fraction of sp³-hybridized carbons (Fsp3) is 0.0769. The van der Waals surface area contributed by atoms with Crippen LogP contribution < -0.4 is 0 Å². The molecule has 0 unspecified atom stereocenters. The van der Waals surface area contributed by atoms with Gasteiger partial charge in [0.05, 0.1) is 5.56 Å². The molecule has 3 heteroatoms. The van der Waals surface area contributed by atoms with Crippen LogP contribution in [0, 0.1) is 29.3 Å².